The van der Waals surface area contributed by atoms with E-state index in [1.165, 1.54) is 0 Å². The van der Waals surface area contributed by atoms with E-state index in [4.69, 9.17) is 17.4 Å². The summed E-state index contributed by atoms with van der Waals surface area (Å²) in [6.45, 7) is -0.264. The highest BCUT2D eigenvalue weighted by molar-refractivity contribution is 7.89. The Morgan fingerprint density at radius 2 is 2.10 bits per heavy atom. The van der Waals surface area contributed by atoms with Gasteiger partial charge in [0.05, 0.1) is 5.02 Å². The monoisotopic (exact) mass is 346 g/mol. The number of aromatic nitrogens is 1. The number of pyridine rings is 1. The van der Waals surface area contributed by atoms with Gasteiger partial charge in [0.25, 0.3) is 0 Å². The van der Waals surface area contributed by atoms with Crippen molar-refractivity contribution in [2.75, 3.05) is 18.5 Å². The molecule has 21 heavy (non-hydrogen) atoms. The van der Waals surface area contributed by atoms with Crippen LogP contribution in [0, 0.1) is 0 Å². The highest BCUT2D eigenvalue weighted by Gasteiger charge is 2.36. The molecule has 0 unspecified atom stereocenters. The molecule has 0 fully saturated rings. The quantitative estimate of drug-likeness (QED) is 0.607. The molecule has 1 rings (SSSR count). The molecule has 0 radical (unpaired) electrons. The number of nitrogens with one attached hydrogen (secondary N) is 1. The van der Waals surface area contributed by atoms with Gasteiger partial charge in [-0.25, -0.2) is 19.2 Å². The molecule has 120 valence electrons. The molecule has 0 atom stereocenters. The van der Waals surface area contributed by atoms with E-state index in [1.54, 1.807) is 6.92 Å². The number of alkyl halides is 3. The third kappa shape index (κ3) is 4.70. The normalized spacial score (nSPS) is 12.7. The topological polar surface area (TPSA) is 88.3 Å². The van der Waals surface area contributed by atoms with Gasteiger partial charge in [0.1, 0.15) is 11.4 Å². The van der Waals surface area contributed by atoms with Gasteiger partial charge in [0.2, 0.25) is 10.0 Å². The third-order valence-corrected chi connectivity index (χ3v) is 4.52. The summed E-state index contributed by atoms with van der Waals surface area (Å²) < 4.78 is 62.3. The number of halogens is 4. The molecule has 0 saturated heterocycles. The van der Waals surface area contributed by atoms with E-state index < -0.39 is 27.6 Å². The second-order valence-corrected chi connectivity index (χ2v) is 6.44. The van der Waals surface area contributed by atoms with Gasteiger partial charge in [0, 0.05) is 12.7 Å². The molecule has 0 bridgehead atoms. The number of hydrogen-bond acceptors (Lipinski definition) is 5. The Morgan fingerprint density at radius 1 is 1.48 bits per heavy atom. The van der Waals surface area contributed by atoms with Crippen LogP contribution in [0.2, 0.25) is 5.02 Å². The van der Waals surface area contributed by atoms with Gasteiger partial charge in [-0.15, -0.1) is 0 Å². The summed E-state index contributed by atoms with van der Waals surface area (Å²) in [5, 5.41) is -0.109. The Bertz CT molecular complexity index is 594. The SMILES string of the molecule is CCCN(CC(F)(F)F)S(=O)(=O)c1cnc(NN)c(Cl)c1. The molecule has 0 saturated carbocycles. The first-order chi connectivity index (χ1) is 9.61. The fourth-order valence-electron chi connectivity index (χ4n) is 1.55. The number of hydrazine groups is 1. The molecule has 0 aliphatic heterocycles. The summed E-state index contributed by atoms with van der Waals surface area (Å²) in [6, 6.07) is 0.998. The number of anilines is 1. The average molecular weight is 347 g/mol. The van der Waals surface area contributed by atoms with E-state index in [0.717, 1.165) is 12.3 Å². The summed E-state index contributed by atoms with van der Waals surface area (Å²) in [5.41, 5.74) is 2.14. The Morgan fingerprint density at radius 3 is 2.52 bits per heavy atom. The molecule has 1 aromatic rings. The van der Waals surface area contributed by atoms with Gasteiger partial charge in [-0.1, -0.05) is 18.5 Å². The van der Waals surface area contributed by atoms with E-state index >= 15 is 0 Å². The maximum absolute atomic E-state index is 12.5. The van der Waals surface area contributed by atoms with Crippen LogP contribution < -0.4 is 11.3 Å². The highest BCUT2D eigenvalue weighted by atomic mass is 35.5. The van der Waals surface area contributed by atoms with Gasteiger partial charge < -0.3 is 5.43 Å². The predicted octanol–water partition coefficient (Wildman–Crippen LogP) is 1.98. The van der Waals surface area contributed by atoms with E-state index in [1.807, 2.05) is 0 Å². The van der Waals surface area contributed by atoms with Crippen LogP contribution in [0.3, 0.4) is 0 Å². The van der Waals surface area contributed by atoms with Gasteiger partial charge >= 0.3 is 6.18 Å². The minimum atomic E-state index is -4.64. The minimum absolute atomic E-state index is 0.0217. The van der Waals surface area contributed by atoms with E-state index in [-0.39, 0.29) is 23.8 Å². The maximum Gasteiger partial charge on any atom is 0.402 e. The van der Waals surface area contributed by atoms with Crippen molar-refractivity contribution in [1.82, 2.24) is 9.29 Å². The number of nitrogen functional groups attached to an aromatic ring is 1. The Hall–Kier alpha value is -1.10. The minimum Gasteiger partial charge on any atom is -0.307 e. The fourth-order valence-corrected chi connectivity index (χ4v) is 3.33. The Balaban J connectivity index is 3.19. The van der Waals surface area contributed by atoms with Crippen molar-refractivity contribution in [2.45, 2.75) is 24.4 Å². The molecule has 0 aromatic carbocycles. The first kappa shape index (κ1) is 18.0. The van der Waals surface area contributed by atoms with Gasteiger partial charge in [-0.3, -0.25) is 0 Å². The number of nitrogens with two attached hydrogens (primary N) is 1. The Kier molecular flexibility index (Phi) is 5.79. The van der Waals surface area contributed by atoms with Crippen molar-refractivity contribution in [3.05, 3.63) is 17.3 Å². The van der Waals surface area contributed by atoms with E-state index in [9.17, 15) is 21.6 Å². The molecule has 11 heteroatoms. The molecule has 0 aliphatic rings. The zero-order valence-corrected chi connectivity index (χ0v) is 12.6. The average Bonchev–Trinajstić information content (AvgIpc) is 2.36. The van der Waals surface area contributed by atoms with Crippen LogP contribution in [0.15, 0.2) is 17.2 Å². The predicted molar refractivity (Wildman–Crippen MR) is 72.2 cm³/mol. The van der Waals surface area contributed by atoms with E-state index in [2.05, 4.69) is 10.4 Å². The molecule has 0 aliphatic carbocycles. The number of rotatable bonds is 6. The van der Waals surface area contributed by atoms with Gasteiger partial charge in [-0.2, -0.15) is 17.5 Å². The van der Waals surface area contributed by atoms with Crippen LogP contribution >= 0.6 is 11.6 Å². The summed E-state index contributed by atoms with van der Waals surface area (Å²) >= 11 is 5.74. The lowest BCUT2D eigenvalue weighted by molar-refractivity contribution is -0.136. The lowest BCUT2D eigenvalue weighted by Crippen LogP contribution is -2.39. The lowest BCUT2D eigenvalue weighted by atomic mass is 10.4. The second-order valence-electron chi connectivity index (χ2n) is 4.10. The molecule has 3 N–H and O–H groups in total. The lowest BCUT2D eigenvalue weighted by Gasteiger charge is -2.22. The summed E-state index contributed by atoms with van der Waals surface area (Å²) in [4.78, 5) is 3.22. The molecule has 6 nitrogen and oxygen atoms in total. The van der Waals surface area contributed by atoms with Crippen molar-refractivity contribution < 1.29 is 21.6 Å². The number of nitrogens with zero attached hydrogens (tertiary/aromatic N) is 2. The van der Waals surface area contributed by atoms with Crippen molar-refractivity contribution in [3.63, 3.8) is 0 Å². The van der Waals surface area contributed by atoms with Gasteiger partial charge in [0.15, 0.2) is 5.82 Å². The molecular weight excluding hydrogens is 333 g/mol. The fraction of sp³-hybridized carbons (Fsp3) is 0.500. The standard InChI is InChI=1S/C10H14ClF3N4O2S/c1-2-3-18(6-10(12,13)14)21(19,20)7-4-8(11)9(17-15)16-5-7/h4-5H,2-3,6,15H2,1H3,(H,16,17). The molecule has 0 spiro atoms. The molecule has 1 heterocycles. The van der Waals surface area contributed by atoms with Crippen LogP contribution in [-0.4, -0.2) is 37.0 Å². The molecular formula is C10H14ClF3N4O2S. The second kappa shape index (κ2) is 6.77. The van der Waals surface area contributed by atoms with Crippen LogP contribution in [0.5, 0.6) is 0 Å². The van der Waals surface area contributed by atoms with E-state index in [0.29, 0.717) is 4.31 Å². The number of hydrogen-bond donors (Lipinski definition) is 2. The Labute approximate surface area is 125 Å². The highest BCUT2D eigenvalue weighted by Crippen LogP contribution is 2.26. The van der Waals surface area contributed by atoms with Crippen LogP contribution in [0.1, 0.15) is 13.3 Å². The first-order valence-corrected chi connectivity index (χ1v) is 7.62. The maximum atomic E-state index is 12.5. The first-order valence-electron chi connectivity index (χ1n) is 5.81. The summed E-state index contributed by atoms with van der Waals surface area (Å²) in [5.74, 6) is 5.12. The van der Waals surface area contributed by atoms with Crippen molar-refractivity contribution >= 4 is 27.4 Å². The van der Waals surface area contributed by atoms with Crippen LogP contribution in [0.4, 0.5) is 19.0 Å². The smallest absolute Gasteiger partial charge is 0.307 e. The third-order valence-electron chi connectivity index (χ3n) is 2.42. The zero-order chi connectivity index (χ0) is 16.3. The zero-order valence-electron chi connectivity index (χ0n) is 11.0. The van der Waals surface area contributed by atoms with Gasteiger partial charge in [-0.05, 0) is 12.5 Å². The largest absolute Gasteiger partial charge is 0.402 e. The molecule has 0 amide bonds. The number of sulfonamides is 1. The van der Waals surface area contributed by atoms with Crippen molar-refractivity contribution in [1.29, 1.82) is 0 Å². The molecule has 1 aromatic heterocycles. The summed E-state index contributed by atoms with van der Waals surface area (Å²) in [7, 11) is -4.35. The van der Waals surface area contributed by atoms with Crippen LogP contribution in [0.25, 0.3) is 0 Å². The van der Waals surface area contributed by atoms with Crippen LogP contribution in [-0.2, 0) is 10.0 Å². The van der Waals surface area contributed by atoms with Crippen molar-refractivity contribution in [3.8, 4) is 0 Å². The van der Waals surface area contributed by atoms with Crippen molar-refractivity contribution in [2.24, 2.45) is 5.84 Å². The summed E-state index contributed by atoms with van der Waals surface area (Å²) in [6.07, 6.45) is -3.51.